The van der Waals surface area contributed by atoms with Gasteiger partial charge in [-0.15, -0.1) is 0 Å². The molecule has 3 aromatic carbocycles. The zero-order valence-corrected chi connectivity index (χ0v) is 17.5. The molecule has 1 heterocycles. The second-order valence-corrected chi connectivity index (χ2v) is 7.55. The van der Waals surface area contributed by atoms with Gasteiger partial charge in [0.1, 0.15) is 12.6 Å². The van der Waals surface area contributed by atoms with Crippen molar-refractivity contribution in [3.05, 3.63) is 96.1 Å². The summed E-state index contributed by atoms with van der Waals surface area (Å²) in [6.45, 7) is 0.238. The number of urea groups is 1. The van der Waals surface area contributed by atoms with Crippen LogP contribution in [0.25, 0.3) is 0 Å². The maximum Gasteiger partial charge on any atom is 0.323 e. The van der Waals surface area contributed by atoms with E-state index >= 15 is 0 Å². The molecule has 4 rings (SSSR count). The van der Waals surface area contributed by atoms with E-state index in [0.29, 0.717) is 24.3 Å². The Morgan fingerprint density at radius 1 is 0.875 bits per heavy atom. The quantitative estimate of drug-likeness (QED) is 0.564. The predicted molar refractivity (Wildman–Crippen MR) is 123 cm³/mol. The molecule has 0 spiro atoms. The molecule has 1 aliphatic rings. The number of para-hydroxylation sites is 2. The lowest BCUT2D eigenvalue weighted by Crippen LogP contribution is -2.54. The van der Waals surface area contributed by atoms with Gasteiger partial charge in [-0.05, 0) is 23.3 Å². The molecule has 0 saturated heterocycles. The Balaban J connectivity index is 1.51. The first-order valence-corrected chi connectivity index (χ1v) is 10.4. The minimum Gasteiger partial charge on any atom is -0.350 e. The van der Waals surface area contributed by atoms with E-state index in [4.69, 9.17) is 0 Å². The topological polar surface area (TPSA) is 90.5 Å². The number of anilines is 2. The summed E-state index contributed by atoms with van der Waals surface area (Å²) in [4.78, 5) is 39.6. The lowest BCUT2D eigenvalue weighted by atomic mass is 10.1. The van der Waals surface area contributed by atoms with E-state index in [0.717, 1.165) is 11.1 Å². The first-order chi connectivity index (χ1) is 15.6. The normalized spacial score (nSPS) is 13.5. The van der Waals surface area contributed by atoms with Gasteiger partial charge in [0.05, 0.1) is 11.4 Å². The van der Waals surface area contributed by atoms with Crippen molar-refractivity contribution in [2.24, 2.45) is 0 Å². The molecule has 0 fully saturated rings. The largest absolute Gasteiger partial charge is 0.350 e. The summed E-state index contributed by atoms with van der Waals surface area (Å²) >= 11 is 0. The molecule has 0 aliphatic carbocycles. The highest BCUT2D eigenvalue weighted by Gasteiger charge is 2.30. The fourth-order valence-electron chi connectivity index (χ4n) is 3.61. The lowest BCUT2D eigenvalue weighted by Gasteiger charge is -2.30. The number of amides is 4. The van der Waals surface area contributed by atoms with Gasteiger partial charge >= 0.3 is 6.03 Å². The van der Waals surface area contributed by atoms with E-state index in [2.05, 4.69) is 16.0 Å². The molecule has 7 nitrogen and oxygen atoms in total. The number of carbonyl (C=O) groups excluding carboxylic acids is 3. The maximum atomic E-state index is 13.1. The zero-order chi connectivity index (χ0) is 22.3. The molecule has 32 heavy (non-hydrogen) atoms. The van der Waals surface area contributed by atoms with Gasteiger partial charge in [0.15, 0.2) is 0 Å². The van der Waals surface area contributed by atoms with Crippen molar-refractivity contribution < 1.29 is 14.4 Å². The number of rotatable bonds is 6. The molecular formula is C25H24N4O3. The van der Waals surface area contributed by atoms with E-state index in [-0.39, 0.29) is 18.4 Å². The summed E-state index contributed by atoms with van der Waals surface area (Å²) in [7, 11) is 0. The second-order valence-electron chi connectivity index (χ2n) is 7.55. The van der Waals surface area contributed by atoms with Crippen LogP contribution >= 0.6 is 0 Å². The molecule has 0 saturated carbocycles. The molecule has 3 N–H and O–H groups in total. The van der Waals surface area contributed by atoms with E-state index < -0.39 is 12.1 Å². The molecular weight excluding hydrogens is 404 g/mol. The Morgan fingerprint density at radius 2 is 1.50 bits per heavy atom. The minimum atomic E-state index is -0.800. The van der Waals surface area contributed by atoms with Gasteiger partial charge in [-0.1, -0.05) is 72.8 Å². The van der Waals surface area contributed by atoms with Crippen molar-refractivity contribution in [3.8, 4) is 0 Å². The van der Waals surface area contributed by atoms with Crippen molar-refractivity contribution in [3.63, 3.8) is 0 Å². The summed E-state index contributed by atoms with van der Waals surface area (Å²) in [5.41, 5.74) is 3.04. The summed E-state index contributed by atoms with van der Waals surface area (Å²) in [5, 5.41) is 8.49. The van der Waals surface area contributed by atoms with Crippen LogP contribution in [0.3, 0.4) is 0 Å². The number of hydrogen-bond donors (Lipinski definition) is 3. The summed E-state index contributed by atoms with van der Waals surface area (Å²) < 4.78 is 0. The van der Waals surface area contributed by atoms with Gasteiger partial charge in [-0.2, -0.15) is 0 Å². The third kappa shape index (κ3) is 5.13. The number of fused-ring (bicyclic) bond motifs is 1. The Kier molecular flexibility index (Phi) is 6.46. The average molecular weight is 428 g/mol. The van der Waals surface area contributed by atoms with Crippen molar-refractivity contribution in [1.29, 1.82) is 0 Å². The second kappa shape index (κ2) is 9.78. The van der Waals surface area contributed by atoms with Crippen molar-refractivity contribution >= 4 is 29.2 Å². The third-order valence-corrected chi connectivity index (χ3v) is 5.22. The van der Waals surface area contributed by atoms with E-state index in [9.17, 15) is 14.4 Å². The number of hydrogen-bond acceptors (Lipinski definition) is 3. The maximum absolute atomic E-state index is 13.1. The fourth-order valence-corrected chi connectivity index (χ4v) is 3.61. The van der Waals surface area contributed by atoms with Crippen LogP contribution in [0.15, 0.2) is 84.9 Å². The number of nitrogens with zero attached hydrogens (tertiary/aromatic N) is 1. The summed E-state index contributed by atoms with van der Waals surface area (Å²) in [6.07, 6.45) is 0.328. The lowest BCUT2D eigenvalue weighted by molar-refractivity contribution is -0.123. The summed E-state index contributed by atoms with van der Waals surface area (Å²) in [6, 6.07) is 24.9. The van der Waals surface area contributed by atoms with Gasteiger partial charge < -0.3 is 16.0 Å². The molecule has 1 aliphatic heterocycles. The zero-order valence-electron chi connectivity index (χ0n) is 17.5. The monoisotopic (exact) mass is 428 g/mol. The number of benzene rings is 3. The van der Waals surface area contributed by atoms with E-state index in [1.165, 1.54) is 4.90 Å². The summed E-state index contributed by atoms with van der Waals surface area (Å²) in [5.74, 6) is -0.576. The highest BCUT2D eigenvalue weighted by atomic mass is 16.2. The minimum absolute atomic E-state index is 0.119. The number of nitrogens with one attached hydrogen (secondary N) is 3. The highest BCUT2D eigenvalue weighted by Crippen LogP contribution is 2.28. The molecule has 0 bridgehead atoms. The van der Waals surface area contributed by atoms with Gasteiger partial charge in [0.25, 0.3) is 0 Å². The molecule has 0 aromatic heterocycles. The fraction of sp³-hybridized carbons (Fsp3) is 0.160. The van der Waals surface area contributed by atoms with Crippen LogP contribution in [0.5, 0.6) is 0 Å². The third-order valence-electron chi connectivity index (χ3n) is 5.22. The van der Waals surface area contributed by atoms with Crippen LogP contribution in [0, 0.1) is 0 Å². The standard InChI is InChI=1S/C25H24N4O3/c30-23-17-29(22-14-8-7-13-20(22)27-23)25(32)28-21(15-18-9-3-1-4-10-18)24(31)26-16-19-11-5-2-6-12-19/h1-14,21H,15-17H2,(H,26,31)(H,27,30)(H,28,32)/t21-/m0/s1. The van der Waals surface area contributed by atoms with E-state index in [1.807, 2.05) is 60.7 Å². The first kappa shape index (κ1) is 21.1. The average Bonchev–Trinajstić information content (AvgIpc) is 2.82. The van der Waals surface area contributed by atoms with Crippen LogP contribution in [-0.2, 0) is 22.6 Å². The SMILES string of the molecule is O=C1CN(C(=O)N[C@@H](Cc2ccccc2)C(=O)NCc2ccccc2)c2ccccc2N1. The highest BCUT2D eigenvalue weighted by molar-refractivity contribution is 6.10. The van der Waals surface area contributed by atoms with Crippen LogP contribution in [0.4, 0.5) is 16.2 Å². The van der Waals surface area contributed by atoms with Crippen molar-refractivity contribution in [1.82, 2.24) is 10.6 Å². The molecule has 162 valence electrons. The van der Waals surface area contributed by atoms with Crippen LogP contribution in [0.2, 0.25) is 0 Å². The van der Waals surface area contributed by atoms with Gasteiger partial charge in [0, 0.05) is 13.0 Å². The van der Waals surface area contributed by atoms with Gasteiger partial charge in [-0.3, -0.25) is 14.5 Å². The predicted octanol–water partition coefficient (Wildman–Crippen LogP) is 3.08. The van der Waals surface area contributed by atoms with Crippen LogP contribution in [0.1, 0.15) is 11.1 Å². The first-order valence-electron chi connectivity index (χ1n) is 10.4. The van der Waals surface area contributed by atoms with Crippen LogP contribution in [-0.4, -0.2) is 30.4 Å². The van der Waals surface area contributed by atoms with E-state index in [1.54, 1.807) is 24.3 Å². The van der Waals surface area contributed by atoms with Crippen LogP contribution < -0.4 is 20.9 Å². The Morgan fingerprint density at radius 3 is 2.22 bits per heavy atom. The Labute approximate surface area is 186 Å². The molecule has 0 radical (unpaired) electrons. The van der Waals surface area contributed by atoms with Gasteiger partial charge in [0.2, 0.25) is 11.8 Å². The Bertz CT molecular complexity index is 1100. The van der Waals surface area contributed by atoms with Gasteiger partial charge in [-0.25, -0.2) is 4.79 Å². The smallest absolute Gasteiger partial charge is 0.323 e. The Hall–Kier alpha value is -4.13. The molecule has 3 aromatic rings. The molecule has 0 unspecified atom stereocenters. The molecule has 4 amide bonds. The molecule has 1 atom stereocenters. The van der Waals surface area contributed by atoms with Crippen molar-refractivity contribution in [2.45, 2.75) is 19.0 Å². The van der Waals surface area contributed by atoms with Crippen molar-refractivity contribution in [2.75, 3.05) is 16.8 Å². The number of carbonyl (C=O) groups is 3. The molecule has 7 heteroatoms.